The molecule has 0 aliphatic rings. The molecule has 0 aromatic heterocycles. The number of nitrogens with zero attached hydrogens (tertiary/aromatic N) is 2. The molecular weight excluding hydrogens is 322 g/mol. The Hall–Kier alpha value is -3.53. The van der Waals surface area contributed by atoms with Crippen LogP contribution in [0.5, 0.6) is 17.2 Å². The molecule has 7 heteroatoms. The molecule has 25 heavy (non-hydrogen) atoms. The van der Waals surface area contributed by atoms with Crippen LogP contribution in [0.2, 0.25) is 0 Å². The van der Waals surface area contributed by atoms with Crippen LogP contribution in [0, 0.1) is 11.3 Å². The molecule has 0 saturated carbocycles. The SMILES string of the molecule is COc1ccccc1OCC(=O)N/N=C\c1ccc(OCC#N)cc1. The van der Waals surface area contributed by atoms with Gasteiger partial charge in [0.2, 0.25) is 0 Å². The van der Waals surface area contributed by atoms with Crippen LogP contribution in [-0.4, -0.2) is 32.4 Å². The summed E-state index contributed by atoms with van der Waals surface area (Å²) in [7, 11) is 1.53. The molecule has 0 atom stereocenters. The number of ether oxygens (including phenoxy) is 3. The Kier molecular flexibility index (Phi) is 6.82. The molecule has 1 N–H and O–H groups in total. The lowest BCUT2D eigenvalue weighted by Gasteiger charge is -2.09. The number of para-hydroxylation sites is 2. The predicted molar refractivity (Wildman–Crippen MR) is 91.8 cm³/mol. The van der Waals surface area contributed by atoms with E-state index in [1.165, 1.54) is 13.3 Å². The zero-order valence-electron chi connectivity index (χ0n) is 13.6. The van der Waals surface area contributed by atoms with Crippen molar-refractivity contribution in [3.8, 4) is 23.3 Å². The molecule has 0 fully saturated rings. The quantitative estimate of drug-likeness (QED) is 0.587. The van der Waals surface area contributed by atoms with Gasteiger partial charge in [-0.3, -0.25) is 4.79 Å². The van der Waals surface area contributed by atoms with Gasteiger partial charge in [-0.2, -0.15) is 10.4 Å². The maximum absolute atomic E-state index is 11.7. The molecule has 2 aromatic carbocycles. The molecule has 2 rings (SSSR count). The number of hydrogen-bond donors (Lipinski definition) is 1. The Labute approximate surface area is 145 Å². The maximum atomic E-state index is 11.7. The average molecular weight is 339 g/mol. The molecule has 0 radical (unpaired) electrons. The van der Waals surface area contributed by atoms with Gasteiger partial charge >= 0.3 is 0 Å². The highest BCUT2D eigenvalue weighted by molar-refractivity contribution is 5.83. The Morgan fingerprint density at radius 3 is 2.56 bits per heavy atom. The van der Waals surface area contributed by atoms with Gasteiger partial charge in [-0.15, -0.1) is 0 Å². The number of nitriles is 1. The summed E-state index contributed by atoms with van der Waals surface area (Å²) in [5.41, 5.74) is 3.15. The van der Waals surface area contributed by atoms with Crippen LogP contribution < -0.4 is 19.6 Å². The standard InChI is InChI=1S/C18H17N3O4/c1-23-16-4-2-3-5-17(16)25-13-18(22)21-20-12-14-6-8-15(9-7-14)24-11-10-19/h2-9,12H,11,13H2,1H3,(H,21,22)/b20-12-. The van der Waals surface area contributed by atoms with Gasteiger partial charge in [0, 0.05) is 0 Å². The van der Waals surface area contributed by atoms with Gasteiger partial charge in [0.15, 0.2) is 24.7 Å². The lowest BCUT2D eigenvalue weighted by Crippen LogP contribution is -2.24. The number of carbonyl (C=O) groups excluding carboxylic acids is 1. The summed E-state index contributed by atoms with van der Waals surface area (Å²) in [5.74, 6) is 1.23. The van der Waals surface area contributed by atoms with Gasteiger partial charge in [0.1, 0.15) is 11.8 Å². The number of hydrogen-bond acceptors (Lipinski definition) is 6. The predicted octanol–water partition coefficient (Wildman–Crippen LogP) is 2.13. The smallest absolute Gasteiger partial charge is 0.277 e. The second-order valence-electron chi connectivity index (χ2n) is 4.75. The Morgan fingerprint density at radius 1 is 1.16 bits per heavy atom. The Bertz CT molecular complexity index is 767. The first kappa shape index (κ1) is 17.8. The summed E-state index contributed by atoms with van der Waals surface area (Å²) in [5, 5.41) is 12.3. The van der Waals surface area contributed by atoms with Crippen molar-refractivity contribution in [2.24, 2.45) is 5.10 Å². The van der Waals surface area contributed by atoms with Crippen LogP contribution in [0.15, 0.2) is 53.6 Å². The summed E-state index contributed by atoms with van der Waals surface area (Å²) in [6, 6.07) is 15.9. The number of nitrogens with one attached hydrogen (secondary N) is 1. The summed E-state index contributed by atoms with van der Waals surface area (Å²) >= 11 is 0. The van der Waals surface area contributed by atoms with Crippen molar-refractivity contribution in [3.63, 3.8) is 0 Å². The molecule has 7 nitrogen and oxygen atoms in total. The fourth-order valence-electron chi connectivity index (χ4n) is 1.86. The van der Waals surface area contributed by atoms with Crippen LogP contribution in [0.1, 0.15) is 5.56 Å². The van der Waals surface area contributed by atoms with E-state index >= 15 is 0 Å². The van der Waals surface area contributed by atoms with E-state index < -0.39 is 5.91 Å². The molecular formula is C18H17N3O4. The van der Waals surface area contributed by atoms with Crippen LogP contribution in [0.4, 0.5) is 0 Å². The van der Waals surface area contributed by atoms with Crippen LogP contribution >= 0.6 is 0 Å². The molecule has 0 unspecified atom stereocenters. The van der Waals surface area contributed by atoms with Gasteiger partial charge in [0.05, 0.1) is 13.3 Å². The zero-order chi connectivity index (χ0) is 17.9. The highest BCUT2D eigenvalue weighted by Crippen LogP contribution is 2.25. The third kappa shape index (κ3) is 5.88. The van der Waals surface area contributed by atoms with Crippen molar-refractivity contribution < 1.29 is 19.0 Å². The minimum absolute atomic E-state index is 0.00427. The Morgan fingerprint density at radius 2 is 1.88 bits per heavy atom. The van der Waals surface area contributed by atoms with E-state index in [9.17, 15) is 4.79 Å². The third-order valence-electron chi connectivity index (χ3n) is 3.01. The number of benzene rings is 2. The largest absolute Gasteiger partial charge is 0.493 e. The van der Waals surface area contributed by atoms with Crippen LogP contribution in [0.25, 0.3) is 0 Å². The van der Waals surface area contributed by atoms with E-state index in [0.29, 0.717) is 17.2 Å². The van der Waals surface area contributed by atoms with Crippen molar-refractivity contribution in [2.75, 3.05) is 20.3 Å². The van der Waals surface area contributed by atoms with Crippen molar-refractivity contribution in [2.45, 2.75) is 0 Å². The van der Waals surface area contributed by atoms with Gasteiger partial charge in [-0.25, -0.2) is 5.43 Å². The molecule has 0 saturated heterocycles. The van der Waals surface area contributed by atoms with E-state index in [4.69, 9.17) is 19.5 Å². The normalized spacial score (nSPS) is 10.1. The second-order valence-corrected chi connectivity index (χ2v) is 4.75. The summed E-state index contributed by atoms with van der Waals surface area (Å²) in [6.07, 6.45) is 1.50. The zero-order valence-corrected chi connectivity index (χ0v) is 13.6. The van der Waals surface area contributed by atoms with Crippen molar-refractivity contribution in [3.05, 3.63) is 54.1 Å². The van der Waals surface area contributed by atoms with E-state index in [2.05, 4.69) is 10.5 Å². The number of carbonyl (C=O) groups is 1. The first-order chi connectivity index (χ1) is 12.2. The summed E-state index contributed by atoms with van der Waals surface area (Å²) < 4.78 is 15.7. The van der Waals surface area contributed by atoms with Crippen LogP contribution in [0.3, 0.4) is 0 Å². The first-order valence-corrected chi connectivity index (χ1v) is 7.40. The second kappa shape index (κ2) is 9.57. The monoisotopic (exact) mass is 339 g/mol. The number of amides is 1. The Balaban J connectivity index is 1.79. The fraction of sp³-hybridized carbons (Fsp3) is 0.167. The van der Waals surface area contributed by atoms with Gasteiger partial charge in [-0.1, -0.05) is 12.1 Å². The number of rotatable bonds is 8. The molecule has 0 aliphatic heterocycles. The van der Waals surface area contributed by atoms with E-state index in [1.54, 1.807) is 42.5 Å². The summed E-state index contributed by atoms with van der Waals surface area (Å²) in [6.45, 7) is -0.186. The van der Waals surface area contributed by atoms with Crippen molar-refractivity contribution >= 4 is 12.1 Å². The van der Waals surface area contributed by atoms with E-state index in [1.807, 2.05) is 12.1 Å². The highest BCUT2D eigenvalue weighted by atomic mass is 16.5. The van der Waals surface area contributed by atoms with E-state index in [0.717, 1.165) is 5.56 Å². The maximum Gasteiger partial charge on any atom is 0.277 e. The molecule has 0 bridgehead atoms. The van der Waals surface area contributed by atoms with Crippen LogP contribution in [-0.2, 0) is 4.79 Å². The topological polar surface area (TPSA) is 92.9 Å². The van der Waals surface area contributed by atoms with E-state index in [-0.39, 0.29) is 13.2 Å². The van der Waals surface area contributed by atoms with Crippen molar-refractivity contribution in [1.82, 2.24) is 5.43 Å². The first-order valence-electron chi connectivity index (χ1n) is 7.40. The fourth-order valence-corrected chi connectivity index (χ4v) is 1.86. The average Bonchev–Trinajstić information content (AvgIpc) is 2.66. The molecule has 0 aliphatic carbocycles. The molecule has 128 valence electrons. The number of methoxy groups -OCH3 is 1. The lowest BCUT2D eigenvalue weighted by molar-refractivity contribution is -0.123. The summed E-state index contributed by atoms with van der Waals surface area (Å²) in [4.78, 5) is 11.7. The minimum atomic E-state index is -0.392. The minimum Gasteiger partial charge on any atom is -0.493 e. The van der Waals surface area contributed by atoms with Gasteiger partial charge < -0.3 is 14.2 Å². The molecule has 2 aromatic rings. The number of hydrazone groups is 1. The molecule has 0 spiro atoms. The molecule has 0 heterocycles. The third-order valence-corrected chi connectivity index (χ3v) is 3.01. The molecule has 1 amide bonds. The lowest BCUT2D eigenvalue weighted by atomic mass is 10.2. The van der Waals surface area contributed by atoms with Crippen molar-refractivity contribution in [1.29, 1.82) is 5.26 Å². The van der Waals surface area contributed by atoms with Gasteiger partial charge in [-0.05, 0) is 42.0 Å². The van der Waals surface area contributed by atoms with Gasteiger partial charge in [0.25, 0.3) is 5.91 Å². The highest BCUT2D eigenvalue weighted by Gasteiger charge is 2.05.